The number of likely N-dealkylation sites (tertiary alicyclic amines) is 1. The van der Waals surface area contributed by atoms with Gasteiger partial charge in [-0.2, -0.15) is 0 Å². The van der Waals surface area contributed by atoms with Gasteiger partial charge < -0.3 is 19.8 Å². The van der Waals surface area contributed by atoms with E-state index in [1.807, 2.05) is 31.3 Å². The zero-order valence-corrected chi connectivity index (χ0v) is 18.6. The number of hydrogen-bond donors (Lipinski definition) is 2. The molecule has 1 aliphatic heterocycles. The molecule has 0 radical (unpaired) electrons. The maximum Gasteiger partial charge on any atom is 0.191 e. The molecule has 2 N–H and O–H groups in total. The molecule has 3 rings (SSSR count). The second-order valence-corrected chi connectivity index (χ2v) is 7.86. The van der Waals surface area contributed by atoms with Crippen molar-refractivity contribution < 1.29 is 9.15 Å². The number of furan rings is 1. The number of hydrogen-bond acceptors (Lipinski definition) is 5. The predicted molar refractivity (Wildman–Crippen MR) is 121 cm³/mol. The molecule has 164 valence electrons. The smallest absolute Gasteiger partial charge is 0.191 e. The van der Waals surface area contributed by atoms with Crippen LogP contribution in [0, 0.1) is 0 Å². The van der Waals surface area contributed by atoms with Gasteiger partial charge in [0.15, 0.2) is 5.96 Å². The summed E-state index contributed by atoms with van der Waals surface area (Å²) in [4.78, 5) is 9.12. The first-order valence-corrected chi connectivity index (χ1v) is 10.6. The van der Waals surface area contributed by atoms with E-state index in [9.17, 15) is 0 Å². The maximum absolute atomic E-state index is 5.61. The minimum absolute atomic E-state index is 0.134. The van der Waals surface area contributed by atoms with Crippen LogP contribution in [0.4, 0.5) is 0 Å². The molecule has 1 saturated heterocycles. The lowest BCUT2D eigenvalue weighted by Crippen LogP contribution is -2.45. The quantitative estimate of drug-likeness (QED) is 0.487. The Bertz CT molecular complexity index is 767. The highest BCUT2D eigenvalue weighted by Crippen LogP contribution is 2.26. The Morgan fingerprint density at radius 2 is 1.83 bits per heavy atom. The van der Waals surface area contributed by atoms with Crippen LogP contribution in [-0.4, -0.2) is 70.2 Å². The van der Waals surface area contributed by atoms with E-state index >= 15 is 0 Å². The van der Waals surface area contributed by atoms with Crippen molar-refractivity contribution in [2.75, 3.05) is 54.4 Å². The largest absolute Gasteiger partial charge is 0.497 e. The monoisotopic (exact) mass is 413 g/mol. The summed E-state index contributed by atoms with van der Waals surface area (Å²) in [5, 5.41) is 6.98. The summed E-state index contributed by atoms with van der Waals surface area (Å²) in [5.41, 5.74) is 1.29. The number of rotatable bonds is 9. The molecule has 7 heteroatoms. The lowest BCUT2D eigenvalue weighted by molar-refractivity contribution is 0.244. The number of ether oxygens (including phenoxy) is 1. The van der Waals surface area contributed by atoms with Crippen LogP contribution in [0.5, 0.6) is 5.75 Å². The summed E-state index contributed by atoms with van der Waals surface area (Å²) in [6, 6.07) is 12.8. The van der Waals surface area contributed by atoms with E-state index < -0.39 is 0 Å². The molecule has 2 heterocycles. The molecule has 0 saturated carbocycles. The van der Waals surface area contributed by atoms with E-state index in [1.165, 1.54) is 18.4 Å². The molecule has 2 atom stereocenters. The lowest BCUT2D eigenvalue weighted by atomic mass is 10.1. The predicted octanol–water partition coefficient (Wildman–Crippen LogP) is 2.89. The highest BCUT2D eigenvalue weighted by atomic mass is 16.5. The first-order chi connectivity index (χ1) is 14.6. The van der Waals surface area contributed by atoms with Crippen molar-refractivity contribution >= 4 is 5.96 Å². The van der Waals surface area contributed by atoms with E-state index in [0.717, 1.165) is 37.1 Å². The molecule has 0 amide bonds. The van der Waals surface area contributed by atoms with Gasteiger partial charge in [-0.05, 0) is 69.9 Å². The summed E-state index contributed by atoms with van der Waals surface area (Å²) >= 11 is 0. The summed E-state index contributed by atoms with van der Waals surface area (Å²) in [6.07, 6.45) is 4.23. The van der Waals surface area contributed by atoms with Crippen molar-refractivity contribution in [1.29, 1.82) is 0 Å². The standard InChI is InChI=1S/C23H35N5O2/c1-24-23(26-17-21(27(2)3)22-8-7-15-30-22)25-16-20(28-13-5-6-14-28)18-9-11-19(29-4)12-10-18/h7-12,15,20-21H,5-6,13-14,16-17H2,1-4H3,(H2,24,25,26). The van der Waals surface area contributed by atoms with Crippen LogP contribution in [0.25, 0.3) is 0 Å². The van der Waals surface area contributed by atoms with E-state index in [1.54, 1.807) is 13.4 Å². The zero-order valence-electron chi connectivity index (χ0n) is 18.6. The number of benzene rings is 1. The van der Waals surface area contributed by atoms with Crippen molar-refractivity contribution in [3.05, 3.63) is 54.0 Å². The minimum atomic E-state index is 0.134. The molecular formula is C23H35N5O2. The Labute approximate surface area is 180 Å². The number of nitrogens with zero attached hydrogens (tertiary/aromatic N) is 3. The van der Waals surface area contributed by atoms with E-state index in [2.05, 4.69) is 51.7 Å². The van der Waals surface area contributed by atoms with Crippen molar-refractivity contribution in [2.24, 2.45) is 4.99 Å². The third-order valence-corrected chi connectivity index (χ3v) is 5.73. The molecule has 0 aliphatic carbocycles. The third-order valence-electron chi connectivity index (χ3n) is 5.73. The molecule has 7 nitrogen and oxygen atoms in total. The molecule has 0 bridgehead atoms. The van der Waals surface area contributed by atoms with E-state index in [0.29, 0.717) is 12.6 Å². The second-order valence-electron chi connectivity index (χ2n) is 7.86. The first-order valence-electron chi connectivity index (χ1n) is 10.6. The van der Waals surface area contributed by atoms with Gasteiger partial charge in [0.2, 0.25) is 0 Å². The van der Waals surface area contributed by atoms with Crippen LogP contribution in [0.3, 0.4) is 0 Å². The SMILES string of the molecule is CN=C(NCC(c1ccco1)N(C)C)NCC(c1ccc(OC)cc1)N1CCCC1. The summed E-state index contributed by atoms with van der Waals surface area (Å²) in [6.45, 7) is 3.76. The van der Waals surface area contributed by atoms with Crippen LogP contribution in [0.1, 0.15) is 36.2 Å². The van der Waals surface area contributed by atoms with Crippen LogP contribution >= 0.6 is 0 Å². The van der Waals surface area contributed by atoms with Gasteiger partial charge in [-0.15, -0.1) is 0 Å². The van der Waals surface area contributed by atoms with Crippen molar-refractivity contribution in [3.63, 3.8) is 0 Å². The molecule has 1 aliphatic rings. The second kappa shape index (κ2) is 11.0. The highest BCUT2D eigenvalue weighted by Gasteiger charge is 2.24. The molecule has 1 fully saturated rings. The average Bonchev–Trinajstić information content (AvgIpc) is 3.47. The van der Waals surface area contributed by atoms with Crippen LogP contribution in [0.15, 0.2) is 52.1 Å². The van der Waals surface area contributed by atoms with Gasteiger partial charge in [0.05, 0.1) is 25.5 Å². The third kappa shape index (κ3) is 5.77. The van der Waals surface area contributed by atoms with Crippen molar-refractivity contribution in [3.8, 4) is 5.75 Å². The fraction of sp³-hybridized carbons (Fsp3) is 0.522. The Morgan fingerprint density at radius 3 is 2.40 bits per heavy atom. The number of likely N-dealkylation sites (N-methyl/N-ethyl adjacent to an activating group) is 1. The van der Waals surface area contributed by atoms with Crippen LogP contribution < -0.4 is 15.4 Å². The summed E-state index contributed by atoms with van der Waals surface area (Å²) in [7, 11) is 7.62. The summed E-state index contributed by atoms with van der Waals surface area (Å²) < 4.78 is 10.9. The molecular weight excluding hydrogens is 378 g/mol. The number of nitrogens with one attached hydrogen (secondary N) is 2. The number of guanidine groups is 1. The fourth-order valence-electron chi connectivity index (χ4n) is 3.96. The zero-order chi connectivity index (χ0) is 21.3. The Balaban J connectivity index is 1.62. The lowest BCUT2D eigenvalue weighted by Gasteiger charge is -2.29. The highest BCUT2D eigenvalue weighted by molar-refractivity contribution is 5.79. The molecule has 1 aromatic carbocycles. The van der Waals surface area contributed by atoms with Gasteiger partial charge in [-0.1, -0.05) is 12.1 Å². The minimum Gasteiger partial charge on any atom is -0.497 e. The van der Waals surface area contributed by atoms with Crippen molar-refractivity contribution in [2.45, 2.75) is 24.9 Å². The normalized spacial score (nSPS) is 17.2. The number of aliphatic imine (C=N–C) groups is 1. The van der Waals surface area contributed by atoms with Gasteiger partial charge in [-0.3, -0.25) is 14.8 Å². The fourth-order valence-corrected chi connectivity index (χ4v) is 3.96. The van der Waals surface area contributed by atoms with Gasteiger partial charge >= 0.3 is 0 Å². The van der Waals surface area contributed by atoms with Crippen LogP contribution in [0.2, 0.25) is 0 Å². The molecule has 2 aromatic rings. The van der Waals surface area contributed by atoms with Gasteiger partial charge in [-0.25, -0.2) is 0 Å². The Morgan fingerprint density at radius 1 is 1.13 bits per heavy atom. The average molecular weight is 414 g/mol. The Kier molecular flexibility index (Phi) is 8.16. The van der Waals surface area contributed by atoms with Gasteiger partial charge in [0.25, 0.3) is 0 Å². The maximum atomic E-state index is 5.61. The van der Waals surface area contributed by atoms with Crippen molar-refractivity contribution in [1.82, 2.24) is 20.4 Å². The van der Waals surface area contributed by atoms with Crippen LogP contribution in [-0.2, 0) is 0 Å². The first kappa shape index (κ1) is 22.2. The van der Waals surface area contributed by atoms with Gasteiger partial charge in [0, 0.05) is 20.1 Å². The molecule has 30 heavy (non-hydrogen) atoms. The topological polar surface area (TPSA) is 65.3 Å². The molecule has 1 aromatic heterocycles. The molecule has 0 spiro atoms. The summed E-state index contributed by atoms with van der Waals surface area (Å²) in [5.74, 6) is 2.62. The van der Waals surface area contributed by atoms with Gasteiger partial charge in [0.1, 0.15) is 11.5 Å². The molecule has 2 unspecified atom stereocenters. The van der Waals surface area contributed by atoms with E-state index in [-0.39, 0.29) is 6.04 Å². The van der Waals surface area contributed by atoms with E-state index in [4.69, 9.17) is 9.15 Å². The number of methoxy groups -OCH3 is 1. The Hall–Kier alpha value is -2.51.